The van der Waals surface area contributed by atoms with Crippen LogP contribution in [0.2, 0.25) is 0 Å². The highest BCUT2D eigenvalue weighted by atomic mass is 16.6. The number of aryl methyl sites for hydroxylation is 1. The maximum absolute atomic E-state index is 14.0. The molecule has 45 heavy (non-hydrogen) atoms. The summed E-state index contributed by atoms with van der Waals surface area (Å²) in [4.78, 5) is 60.1. The van der Waals surface area contributed by atoms with Gasteiger partial charge in [0.05, 0.1) is 13.1 Å². The Balaban J connectivity index is 1.50. The topological polar surface area (TPSA) is 120 Å². The number of hydrogen-bond acceptors (Lipinski definition) is 7. The number of ether oxygens (including phenoxy) is 1. The summed E-state index contributed by atoms with van der Waals surface area (Å²) in [5.74, 6) is 5.99. The van der Waals surface area contributed by atoms with Crippen LogP contribution >= 0.6 is 0 Å². The van der Waals surface area contributed by atoms with E-state index >= 15 is 0 Å². The van der Waals surface area contributed by atoms with E-state index in [-0.39, 0.29) is 29.5 Å². The number of rotatable bonds is 7. The SMILES string of the molecule is CC#CCn1c(N2CCC[C@@H](NC(=O)OC(C)(C)C)C2)nc2c1c(=O)n(CC(=O)c1cccc(-c3ccccc3)c1)c(=O)n2C. The van der Waals surface area contributed by atoms with Crippen molar-refractivity contribution in [2.24, 2.45) is 7.05 Å². The Bertz CT molecular complexity index is 1920. The molecule has 0 unspecified atom stereocenters. The van der Waals surface area contributed by atoms with E-state index < -0.39 is 29.5 Å². The van der Waals surface area contributed by atoms with Gasteiger partial charge < -0.3 is 15.0 Å². The summed E-state index contributed by atoms with van der Waals surface area (Å²) >= 11 is 0. The fraction of sp³-hybridized carbons (Fsp3) is 0.382. The molecule has 1 aliphatic heterocycles. The first-order valence-electron chi connectivity index (χ1n) is 15.0. The molecule has 3 heterocycles. The number of carbonyl (C=O) groups excluding carboxylic acids is 2. The van der Waals surface area contributed by atoms with E-state index in [1.54, 1.807) is 29.7 Å². The third-order valence-corrected chi connectivity index (χ3v) is 7.64. The number of nitrogens with one attached hydrogen (secondary N) is 1. The average molecular weight is 611 g/mol. The Morgan fingerprint density at radius 2 is 1.78 bits per heavy atom. The zero-order chi connectivity index (χ0) is 32.3. The van der Waals surface area contributed by atoms with Gasteiger partial charge in [-0.05, 0) is 57.7 Å². The van der Waals surface area contributed by atoms with Crippen LogP contribution in [0.1, 0.15) is 50.9 Å². The molecule has 2 aromatic carbocycles. The molecule has 0 bridgehead atoms. The largest absolute Gasteiger partial charge is 0.444 e. The van der Waals surface area contributed by atoms with Crippen molar-refractivity contribution in [1.82, 2.24) is 24.0 Å². The molecule has 1 amide bonds. The highest BCUT2D eigenvalue weighted by Crippen LogP contribution is 2.24. The molecule has 11 heteroatoms. The van der Waals surface area contributed by atoms with Gasteiger partial charge in [0.1, 0.15) is 5.60 Å². The lowest BCUT2D eigenvalue weighted by Gasteiger charge is -2.34. The lowest BCUT2D eigenvalue weighted by molar-refractivity contribution is 0.0499. The van der Waals surface area contributed by atoms with Gasteiger partial charge in [-0.25, -0.2) is 9.59 Å². The highest BCUT2D eigenvalue weighted by Gasteiger charge is 2.29. The van der Waals surface area contributed by atoms with Gasteiger partial charge in [0, 0.05) is 31.7 Å². The van der Waals surface area contributed by atoms with Crippen molar-refractivity contribution in [3.63, 3.8) is 0 Å². The monoisotopic (exact) mass is 610 g/mol. The number of Topliss-reactive ketones (excluding diaryl/α,β-unsaturated/α-hetero) is 1. The summed E-state index contributed by atoms with van der Waals surface area (Å²) in [6.45, 7) is 7.93. The van der Waals surface area contributed by atoms with Crippen molar-refractivity contribution in [1.29, 1.82) is 0 Å². The van der Waals surface area contributed by atoms with Crippen LogP contribution in [0.3, 0.4) is 0 Å². The molecule has 1 N–H and O–H groups in total. The zero-order valence-electron chi connectivity index (χ0n) is 26.3. The van der Waals surface area contributed by atoms with Crippen molar-refractivity contribution >= 4 is 29.0 Å². The lowest BCUT2D eigenvalue weighted by atomic mass is 10.0. The van der Waals surface area contributed by atoms with Crippen LogP contribution in [0.5, 0.6) is 0 Å². The quantitative estimate of drug-likeness (QED) is 0.248. The first-order valence-corrected chi connectivity index (χ1v) is 15.0. The van der Waals surface area contributed by atoms with E-state index in [2.05, 4.69) is 17.2 Å². The number of alkyl carbamates (subject to hydrolysis) is 1. The molecule has 1 fully saturated rings. The zero-order valence-corrected chi connectivity index (χ0v) is 26.3. The Kier molecular flexibility index (Phi) is 8.95. The number of piperidine rings is 1. The maximum Gasteiger partial charge on any atom is 0.407 e. The molecular weight excluding hydrogens is 572 g/mol. The Morgan fingerprint density at radius 3 is 2.49 bits per heavy atom. The minimum atomic E-state index is -0.638. The highest BCUT2D eigenvalue weighted by molar-refractivity contribution is 5.97. The third-order valence-electron chi connectivity index (χ3n) is 7.64. The first kappa shape index (κ1) is 31.3. The van der Waals surface area contributed by atoms with Gasteiger partial charge >= 0.3 is 11.8 Å². The summed E-state index contributed by atoms with van der Waals surface area (Å²) < 4.78 is 9.39. The summed E-state index contributed by atoms with van der Waals surface area (Å²) in [5.41, 5.74) is 0.724. The number of anilines is 1. The van der Waals surface area contributed by atoms with Crippen LogP contribution in [0.15, 0.2) is 64.2 Å². The molecule has 5 rings (SSSR count). The van der Waals surface area contributed by atoms with Crippen molar-refractivity contribution in [3.8, 4) is 23.0 Å². The van der Waals surface area contributed by atoms with E-state index in [1.165, 1.54) is 11.6 Å². The fourth-order valence-corrected chi connectivity index (χ4v) is 5.54. The molecule has 0 spiro atoms. The second kappa shape index (κ2) is 12.9. The molecule has 234 valence electrons. The smallest absolute Gasteiger partial charge is 0.407 e. The van der Waals surface area contributed by atoms with Crippen LogP contribution in [0, 0.1) is 11.8 Å². The second-order valence-electron chi connectivity index (χ2n) is 12.1. The molecule has 11 nitrogen and oxygen atoms in total. The number of aromatic nitrogens is 4. The molecule has 0 aliphatic carbocycles. The number of ketones is 1. The maximum atomic E-state index is 14.0. The molecule has 1 aliphatic rings. The number of nitrogens with zero attached hydrogens (tertiary/aromatic N) is 5. The predicted molar refractivity (Wildman–Crippen MR) is 173 cm³/mol. The Hall–Kier alpha value is -5.11. The van der Waals surface area contributed by atoms with Crippen LogP contribution < -0.4 is 21.5 Å². The minimum Gasteiger partial charge on any atom is -0.444 e. The lowest BCUT2D eigenvalue weighted by Crippen LogP contribution is -2.49. The number of benzene rings is 2. The van der Waals surface area contributed by atoms with E-state index in [0.29, 0.717) is 24.6 Å². The van der Waals surface area contributed by atoms with Gasteiger partial charge in [-0.15, -0.1) is 5.92 Å². The third kappa shape index (κ3) is 6.85. The number of imidazole rings is 1. The summed E-state index contributed by atoms with van der Waals surface area (Å²) in [7, 11) is 1.54. The van der Waals surface area contributed by atoms with E-state index in [9.17, 15) is 19.2 Å². The van der Waals surface area contributed by atoms with Gasteiger partial charge in [-0.1, -0.05) is 54.5 Å². The van der Waals surface area contributed by atoms with Crippen molar-refractivity contribution in [2.45, 2.75) is 65.3 Å². The number of carbonyl (C=O) groups is 2. The minimum absolute atomic E-state index is 0.156. The number of amides is 1. The number of hydrogen-bond donors (Lipinski definition) is 1. The van der Waals surface area contributed by atoms with Gasteiger partial charge in [-0.3, -0.25) is 23.3 Å². The molecule has 0 saturated carbocycles. The fourth-order valence-electron chi connectivity index (χ4n) is 5.54. The van der Waals surface area contributed by atoms with Gasteiger partial charge in [0.25, 0.3) is 5.56 Å². The van der Waals surface area contributed by atoms with Crippen LogP contribution in [-0.4, -0.2) is 55.3 Å². The van der Waals surface area contributed by atoms with E-state index in [1.807, 2.05) is 62.1 Å². The normalized spacial score (nSPS) is 15.0. The summed E-state index contributed by atoms with van der Waals surface area (Å²) in [6.07, 6.45) is 1.02. The molecular formula is C34H38N6O5. The molecule has 1 saturated heterocycles. The van der Waals surface area contributed by atoms with E-state index in [0.717, 1.165) is 28.5 Å². The van der Waals surface area contributed by atoms with Crippen molar-refractivity contribution < 1.29 is 14.3 Å². The molecule has 1 atom stereocenters. The standard InChI is InChI=1S/C34H38N6O5/c1-6-7-19-39-28-29(36-31(39)38-18-12-17-26(21-38)35-32(43)45-34(2,3)4)37(5)33(44)40(30(28)42)22-27(41)25-16-11-15-24(20-25)23-13-9-8-10-14-23/h8-11,13-16,20,26H,12,17-19,21-22H2,1-5H3,(H,35,43)/t26-/m1/s1. The van der Waals surface area contributed by atoms with Gasteiger partial charge in [-0.2, -0.15) is 4.98 Å². The predicted octanol–water partition coefficient (Wildman–Crippen LogP) is 3.96. The Labute approximate surface area is 261 Å². The van der Waals surface area contributed by atoms with Crippen LogP contribution in [-0.2, 0) is 24.9 Å². The number of fused-ring (bicyclic) bond motifs is 1. The second-order valence-corrected chi connectivity index (χ2v) is 12.1. The van der Waals surface area contributed by atoms with E-state index in [4.69, 9.17) is 9.72 Å². The Morgan fingerprint density at radius 1 is 1.04 bits per heavy atom. The van der Waals surface area contributed by atoms with Gasteiger partial charge in [0.2, 0.25) is 5.95 Å². The van der Waals surface area contributed by atoms with Crippen molar-refractivity contribution in [2.75, 3.05) is 18.0 Å². The van der Waals surface area contributed by atoms with Gasteiger partial charge in [0.15, 0.2) is 16.9 Å². The average Bonchev–Trinajstić information content (AvgIpc) is 3.40. The molecule has 2 aromatic heterocycles. The van der Waals surface area contributed by atoms with Crippen molar-refractivity contribution in [3.05, 3.63) is 81.0 Å². The van der Waals surface area contributed by atoms with Crippen LogP contribution in [0.4, 0.5) is 10.7 Å². The molecule has 4 aromatic rings. The summed E-state index contributed by atoms with van der Waals surface area (Å²) in [5, 5.41) is 2.94. The first-order chi connectivity index (χ1) is 21.5. The van der Waals surface area contributed by atoms with Crippen LogP contribution in [0.25, 0.3) is 22.3 Å². The molecule has 0 radical (unpaired) electrons. The summed E-state index contributed by atoms with van der Waals surface area (Å²) in [6, 6.07) is 16.6.